The van der Waals surface area contributed by atoms with E-state index in [1.54, 1.807) is 0 Å². The molecule has 1 aromatic rings. The number of carbonyl (C=O) groups is 1. The molecule has 0 saturated heterocycles. The van der Waals surface area contributed by atoms with Crippen LogP contribution in [0.1, 0.15) is 55.6 Å². The Morgan fingerprint density at radius 3 is 2.74 bits per heavy atom. The third-order valence-corrected chi connectivity index (χ3v) is 4.59. The van der Waals surface area contributed by atoms with Crippen molar-refractivity contribution in [2.24, 2.45) is 0 Å². The fourth-order valence-corrected chi connectivity index (χ4v) is 3.36. The average Bonchev–Trinajstić information content (AvgIpc) is 2.71. The van der Waals surface area contributed by atoms with E-state index in [0.29, 0.717) is 15.8 Å². The Bertz CT molecular complexity index is 451. The molecule has 0 radical (unpaired) electrons. The summed E-state index contributed by atoms with van der Waals surface area (Å²) >= 11 is 1.32. The summed E-state index contributed by atoms with van der Waals surface area (Å²) in [6, 6.07) is 0. The number of anilines is 2. The molecule has 1 aliphatic rings. The molecule has 1 heterocycles. The largest absolute Gasteiger partial charge is 0.382 e. The van der Waals surface area contributed by atoms with Crippen molar-refractivity contribution in [2.45, 2.75) is 51.5 Å². The molecular weight excluding hydrogens is 260 g/mol. The first-order valence-electron chi connectivity index (χ1n) is 6.87. The van der Waals surface area contributed by atoms with Crippen LogP contribution in [0, 0.1) is 0 Å². The minimum absolute atomic E-state index is 0.0931. The Morgan fingerprint density at radius 2 is 2.11 bits per heavy atom. The van der Waals surface area contributed by atoms with Crippen LogP contribution in [0.25, 0.3) is 0 Å². The lowest BCUT2D eigenvalue weighted by molar-refractivity contribution is 0.0887. The number of carbonyl (C=O) groups excluding carboxylic acids is 1. The summed E-state index contributed by atoms with van der Waals surface area (Å²) in [5.41, 5.74) is 5.73. The number of hydrogen-bond donors (Lipinski definition) is 3. The van der Waals surface area contributed by atoms with Gasteiger partial charge in [-0.2, -0.15) is 0 Å². The second kappa shape index (κ2) is 5.77. The number of nitrogens with two attached hydrogens (primary N) is 1. The number of rotatable bonds is 4. The number of nitrogen functional groups attached to an aromatic ring is 1. The third-order valence-electron chi connectivity index (χ3n) is 3.56. The molecule has 6 heteroatoms. The summed E-state index contributed by atoms with van der Waals surface area (Å²) in [5.74, 6) is 0.224. The van der Waals surface area contributed by atoms with Crippen molar-refractivity contribution in [2.75, 3.05) is 17.6 Å². The minimum Gasteiger partial charge on any atom is -0.382 e. The lowest BCUT2D eigenvalue weighted by atomic mass is 9.83. The van der Waals surface area contributed by atoms with Crippen LogP contribution in [-0.4, -0.2) is 23.0 Å². The third kappa shape index (κ3) is 3.37. The van der Waals surface area contributed by atoms with Crippen LogP contribution in [0.15, 0.2) is 0 Å². The first kappa shape index (κ1) is 14.1. The summed E-state index contributed by atoms with van der Waals surface area (Å²) < 4.78 is 0. The highest BCUT2D eigenvalue weighted by Crippen LogP contribution is 2.30. The Labute approximate surface area is 118 Å². The van der Waals surface area contributed by atoms with Gasteiger partial charge in [-0.1, -0.05) is 30.6 Å². The van der Waals surface area contributed by atoms with Crippen molar-refractivity contribution in [1.29, 1.82) is 0 Å². The molecule has 0 aliphatic heterocycles. The zero-order chi connectivity index (χ0) is 13.9. The maximum absolute atomic E-state index is 12.3. The molecule has 1 amide bonds. The van der Waals surface area contributed by atoms with E-state index >= 15 is 0 Å². The Kier molecular flexibility index (Phi) is 4.29. The normalized spacial score (nSPS) is 18.0. The van der Waals surface area contributed by atoms with Crippen LogP contribution in [0.4, 0.5) is 10.9 Å². The molecule has 0 spiro atoms. The van der Waals surface area contributed by atoms with Gasteiger partial charge >= 0.3 is 0 Å². The van der Waals surface area contributed by atoms with E-state index in [1.807, 2.05) is 6.92 Å². The van der Waals surface area contributed by atoms with Crippen molar-refractivity contribution >= 4 is 28.2 Å². The van der Waals surface area contributed by atoms with Crippen molar-refractivity contribution in [1.82, 2.24) is 10.3 Å². The molecule has 19 heavy (non-hydrogen) atoms. The SMILES string of the molecule is CCNc1nc(N)c(C(=O)NC2(C)CCCCC2)s1. The van der Waals surface area contributed by atoms with Crippen LogP contribution >= 0.6 is 11.3 Å². The number of nitrogens with zero attached hydrogens (tertiary/aromatic N) is 1. The lowest BCUT2D eigenvalue weighted by Gasteiger charge is -2.34. The quantitative estimate of drug-likeness (QED) is 0.793. The lowest BCUT2D eigenvalue weighted by Crippen LogP contribution is -2.47. The van der Waals surface area contributed by atoms with E-state index in [4.69, 9.17) is 5.73 Å². The van der Waals surface area contributed by atoms with E-state index in [1.165, 1.54) is 30.6 Å². The predicted octanol–water partition coefficient (Wildman–Crippen LogP) is 2.61. The van der Waals surface area contributed by atoms with Gasteiger partial charge in [0.05, 0.1) is 0 Å². The summed E-state index contributed by atoms with van der Waals surface area (Å²) in [6.45, 7) is 4.87. The van der Waals surface area contributed by atoms with Crippen LogP contribution in [0.5, 0.6) is 0 Å². The maximum atomic E-state index is 12.3. The fraction of sp³-hybridized carbons (Fsp3) is 0.692. The van der Waals surface area contributed by atoms with Gasteiger partial charge in [-0.15, -0.1) is 0 Å². The maximum Gasteiger partial charge on any atom is 0.265 e. The highest BCUT2D eigenvalue weighted by atomic mass is 32.1. The van der Waals surface area contributed by atoms with Gasteiger partial charge in [0.2, 0.25) is 0 Å². The number of hydrogen-bond acceptors (Lipinski definition) is 5. The summed E-state index contributed by atoms with van der Waals surface area (Å²) in [4.78, 5) is 17.0. The van der Waals surface area contributed by atoms with Crippen LogP contribution in [-0.2, 0) is 0 Å². The van der Waals surface area contributed by atoms with E-state index < -0.39 is 0 Å². The average molecular weight is 282 g/mol. The van der Waals surface area contributed by atoms with Gasteiger partial charge in [-0.3, -0.25) is 4.79 Å². The van der Waals surface area contributed by atoms with Gasteiger partial charge in [0, 0.05) is 12.1 Å². The molecule has 1 aliphatic carbocycles. The van der Waals surface area contributed by atoms with Crippen LogP contribution in [0.2, 0.25) is 0 Å². The number of thiazole rings is 1. The summed E-state index contributed by atoms with van der Waals surface area (Å²) in [7, 11) is 0. The zero-order valence-electron chi connectivity index (χ0n) is 11.6. The molecular formula is C13H22N4OS. The fourth-order valence-electron chi connectivity index (χ4n) is 2.51. The molecule has 0 atom stereocenters. The molecule has 0 unspecified atom stereocenters. The van der Waals surface area contributed by atoms with Gasteiger partial charge in [0.25, 0.3) is 5.91 Å². The molecule has 5 nitrogen and oxygen atoms in total. The monoisotopic (exact) mass is 282 g/mol. The Morgan fingerprint density at radius 1 is 1.42 bits per heavy atom. The molecule has 1 saturated carbocycles. The second-order valence-corrected chi connectivity index (χ2v) is 6.34. The first-order valence-corrected chi connectivity index (χ1v) is 7.68. The number of aromatic nitrogens is 1. The van der Waals surface area contributed by atoms with Gasteiger partial charge in [0.15, 0.2) is 5.13 Å². The zero-order valence-corrected chi connectivity index (χ0v) is 12.4. The number of amides is 1. The standard InChI is InChI=1S/C13H22N4OS/c1-3-15-12-16-10(14)9(19-12)11(18)17-13(2)7-5-4-6-8-13/h3-8,14H2,1-2H3,(H,15,16)(H,17,18). The van der Waals surface area contributed by atoms with Crippen molar-refractivity contribution < 1.29 is 4.79 Å². The molecule has 1 fully saturated rings. The summed E-state index contributed by atoms with van der Waals surface area (Å²) in [6.07, 6.45) is 5.70. The van der Waals surface area contributed by atoms with Crippen molar-refractivity contribution in [3.05, 3.63) is 4.88 Å². The Balaban J connectivity index is 2.06. The molecule has 106 valence electrons. The van der Waals surface area contributed by atoms with E-state index in [9.17, 15) is 4.79 Å². The van der Waals surface area contributed by atoms with Gasteiger partial charge in [-0.25, -0.2) is 4.98 Å². The molecule has 0 aromatic carbocycles. The Hall–Kier alpha value is -1.30. The van der Waals surface area contributed by atoms with Crippen molar-refractivity contribution in [3.8, 4) is 0 Å². The first-order chi connectivity index (χ1) is 9.04. The van der Waals surface area contributed by atoms with Gasteiger partial charge < -0.3 is 16.4 Å². The van der Waals surface area contributed by atoms with Crippen LogP contribution in [0.3, 0.4) is 0 Å². The molecule has 0 bridgehead atoms. The van der Waals surface area contributed by atoms with Crippen LogP contribution < -0.4 is 16.4 Å². The second-order valence-electron chi connectivity index (χ2n) is 5.34. The summed E-state index contributed by atoms with van der Waals surface area (Å²) in [5, 5.41) is 6.92. The van der Waals surface area contributed by atoms with Crippen molar-refractivity contribution in [3.63, 3.8) is 0 Å². The minimum atomic E-state index is -0.0939. The molecule has 4 N–H and O–H groups in total. The topological polar surface area (TPSA) is 80.0 Å². The smallest absolute Gasteiger partial charge is 0.265 e. The highest BCUT2D eigenvalue weighted by molar-refractivity contribution is 7.18. The van der Waals surface area contributed by atoms with E-state index in [2.05, 4.69) is 22.5 Å². The van der Waals surface area contributed by atoms with E-state index in [0.717, 1.165) is 19.4 Å². The van der Waals surface area contributed by atoms with Gasteiger partial charge in [-0.05, 0) is 26.7 Å². The van der Waals surface area contributed by atoms with Gasteiger partial charge in [0.1, 0.15) is 10.7 Å². The van der Waals surface area contributed by atoms with E-state index in [-0.39, 0.29) is 11.4 Å². The molecule has 1 aromatic heterocycles. The molecule has 2 rings (SSSR count). The predicted molar refractivity (Wildman–Crippen MR) is 79.6 cm³/mol. The number of nitrogens with one attached hydrogen (secondary N) is 2. The highest BCUT2D eigenvalue weighted by Gasteiger charge is 2.30.